The summed E-state index contributed by atoms with van der Waals surface area (Å²) in [6.07, 6.45) is 8.94. The Morgan fingerprint density at radius 3 is 2.72 bits per heavy atom. The first-order valence-electron chi connectivity index (χ1n) is 10.8. The van der Waals surface area contributed by atoms with Gasteiger partial charge in [0.25, 0.3) is 0 Å². The van der Waals surface area contributed by atoms with Crippen LogP contribution >= 0.6 is 11.3 Å². The number of thiazole rings is 1. The fourth-order valence-corrected chi connectivity index (χ4v) is 5.43. The van der Waals surface area contributed by atoms with Crippen molar-refractivity contribution in [3.63, 3.8) is 0 Å². The quantitative estimate of drug-likeness (QED) is 0.498. The lowest BCUT2D eigenvalue weighted by Crippen LogP contribution is -2.16. The Morgan fingerprint density at radius 1 is 1.14 bits per heavy atom. The highest BCUT2D eigenvalue weighted by Crippen LogP contribution is 2.41. The van der Waals surface area contributed by atoms with Gasteiger partial charge in [-0.2, -0.15) is 0 Å². The lowest BCUT2D eigenvalue weighted by Gasteiger charge is -2.21. The third-order valence-corrected chi connectivity index (χ3v) is 7.24. The minimum absolute atomic E-state index is 0.258. The molecular weight excluding hydrogens is 384 g/mol. The average Bonchev–Trinajstić information content (AvgIpc) is 3.17. The van der Waals surface area contributed by atoms with Crippen molar-refractivity contribution in [3.8, 4) is 16.3 Å². The van der Waals surface area contributed by atoms with E-state index in [2.05, 4.69) is 23.1 Å². The Balaban J connectivity index is 1.49. The van der Waals surface area contributed by atoms with E-state index in [4.69, 9.17) is 14.5 Å². The largest absolute Gasteiger partial charge is 0.467 e. The molecule has 29 heavy (non-hydrogen) atoms. The van der Waals surface area contributed by atoms with Gasteiger partial charge in [-0.25, -0.2) is 4.98 Å². The monoisotopic (exact) mass is 416 g/mol. The van der Waals surface area contributed by atoms with Gasteiger partial charge < -0.3 is 19.5 Å². The summed E-state index contributed by atoms with van der Waals surface area (Å²) in [6, 6.07) is 6.21. The first-order chi connectivity index (χ1) is 14.1. The highest BCUT2D eigenvalue weighted by Gasteiger charge is 2.24. The highest BCUT2D eigenvalue weighted by atomic mass is 32.1. The van der Waals surface area contributed by atoms with Gasteiger partial charge in [-0.1, -0.05) is 19.3 Å². The molecule has 4 rings (SSSR count). The molecule has 0 saturated heterocycles. The smallest absolute Gasteiger partial charge is 0.189 e. The molecule has 158 valence electrons. The normalized spacial score (nSPS) is 19.8. The minimum atomic E-state index is -0.380. The molecule has 0 radical (unpaired) electrons. The van der Waals surface area contributed by atoms with Gasteiger partial charge in [0.15, 0.2) is 6.79 Å². The van der Waals surface area contributed by atoms with E-state index in [1.807, 2.05) is 14.1 Å². The second-order valence-corrected chi connectivity index (χ2v) is 9.48. The lowest BCUT2D eigenvalue weighted by molar-refractivity contribution is -0.00759. The van der Waals surface area contributed by atoms with Gasteiger partial charge in [-0.3, -0.25) is 0 Å². The van der Waals surface area contributed by atoms with Crippen LogP contribution < -0.4 is 9.64 Å². The molecule has 6 heteroatoms. The molecule has 1 N–H and O–H groups in total. The number of rotatable bonds is 7. The Labute approximate surface area is 177 Å². The van der Waals surface area contributed by atoms with Crippen LogP contribution in [0.1, 0.15) is 61.6 Å². The Morgan fingerprint density at radius 2 is 1.97 bits per heavy atom. The van der Waals surface area contributed by atoms with Crippen LogP contribution in [0.3, 0.4) is 0 Å². The molecule has 1 atom stereocenters. The molecule has 2 aliphatic rings. The molecule has 1 heterocycles. The van der Waals surface area contributed by atoms with E-state index >= 15 is 0 Å². The summed E-state index contributed by atoms with van der Waals surface area (Å²) in [6.45, 7) is 1.04. The first kappa shape index (κ1) is 20.6. The molecule has 1 aromatic heterocycles. The number of hydrogen-bond donors (Lipinski definition) is 1. The summed E-state index contributed by atoms with van der Waals surface area (Å²) in [5.41, 5.74) is 3.10. The number of hydrogen-bond acceptors (Lipinski definition) is 6. The summed E-state index contributed by atoms with van der Waals surface area (Å²) in [4.78, 5) is 7.91. The van der Waals surface area contributed by atoms with Crippen molar-refractivity contribution in [3.05, 3.63) is 28.8 Å². The van der Waals surface area contributed by atoms with Gasteiger partial charge in [0.1, 0.15) is 10.8 Å². The van der Waals surface area contributed by atoms with E-state index in [-0.39, 0.29) is 12.9 Å². The maximum atomic E-state index is 10.3. The van der Waals surface area contributed by atoms with E-state index in [0.717, 1.165) is 58.4 Å². The number of aliphatic hydroxyl groups is 1. The Bertz CT molecular complexity index is 814. The van der Waals surface area contributed by atoms with Gasteiger partial charge in [-0.05, 0) is 50.2 Å². The topological polar surface area (TPSA) is 54.8 Å². The summed E-state index contributed by atoms with van der Waals surface area (Å²) < 4.78 is 12.0. The maximum absolute atomic E-state index is 10.3. The second kappa shape index (κ2) is 9.45. The molecule has 2 aromatic rings. The Kier molecular flexibility index (Phi) is 6.73. The van der Waals surface area contributed by atoms with Crippen molar-refractivity contribution >= 4 is 17.0 Å². The number of aryl methyl sites for hydroxylation is 1. The van der Waals surface area contributed by atoms with Crippen molar-refractivity contribution < 1.29 is 14.6 Å². The fourth-order valence-electron chi connectivity index (χ4n) is 4.27. The van der Waals surface area contributed by atoms with Crippen LogP contribution in [-0.4, -0.2) is 37.6 Å². The highest BCUT2D eigenvalue weighted by molar-refractivity contribution is 7.15. The number of nitrogens with zero attached hydrogens (tertiary/aromatic N) is 2. The van der Waals surface area contributed by atoms with E-state index in [9.17, 15) is 5.11 Å². The summed E-state index contributed by atoms with van der Waals surface area (Å²) >= 11 is 1.59. The SMILES string of the molecule is CN(C)c1ccc(-c2nc3c(s2)C(O)CCC3)c(OCOCC2CCCCC2)c1. The summed E-state index contributed by atoms with van der Waals surface area (Å²) in [5.74, 6) is 1.47. The number of aliphatic hydroxyl groups excluding tert-OH is 1. The molecule has 0 spiro atoms. The molecular formula is C23H32N2O3S. The van der Waals surface area contributed by atoms with Crippen molar-refractivity contribution in [2.75, 3.05) is 32.4 Å². The first-order valence-corrected chi connectivity index (χ1v) is 11.6. The van der Waals surface area contributed by atoms with Gasteiger partial charge in [0.05, 0.1) is 28.8 Å². The van der Waals surface area contributed by atoms with Gasteiger partial charge in [-0.15, -0.1) is 11.3 Å². The van der Waals surface area contributed by atoms with E-state index in [0.29, 0.717) is 5.92 Å². The number of fused-ring (bicyclic) bond motifs is 1. The Hall–Kier alpha value is -1.63. The van der Waals surface area contributed by atoms with Crippen LogP contribution in [0.15, 0.2) is 18.2 Å². The molecule has 1 fully saturated rings. The number of anilines is 1. The molecule has 2 aliphatic carbocycles. The predicted molar refractivity (Wildman–Crippen MR) is 118 cm³/mol. The molecule has 5 nitrogen and oxygen atoms in total. The van der Waals surface area contributed by atoms with Crippen LogP contribution in [0.4, 0.5) is 5.69 Å². The number of benzene rings is 1. The number of aromatic nitrogens is 1. The van der Waals surface area contributed by atoms with Crippen molar-refractivity contribution in [1.29, 1.82) is 0 Å². The summed E-state index contributed by atoms with van der Waals surface area (Å²) in [5, 5.41) is 11.2. The van der Waals surface area contributed by atoms with E-state index in [1.54, 1.807) is 11.3 Å². The zero-order valence-electron chi connectivity index (χ0n) is 17.5. The zero-order valence-corrected chi connectivity index (χ0v) is 18.3. The minimum Gasteiger partial charge on any atom is -0.467 e. The van der Waals surface area contributed by atoms with E-state index < -0.39 is 0 Å². The third-order valence-electron chi connectivity index (χ3n) is 6.01. The molecule has 1 aromatic carbocycles. The molecule has 0 aliphatic heterocycles. The maximum Gasteiger partial charge on any atom is 0.189 e. The van der Waals surface area contributed by atoms with Crippen molar-refractivity contribution in [2.24, 2.45) is 5.92 Å². The predicted octanol–water partition coefficient (Wildman–Crippen LogP) is 5.18. The van der Waals surface area contributed by atoms with Gasteiger partial charge in [0, 0.05) is 25.8 Å². The molecule has 1 saturated carbocycles. The molecule has 1 unspecified atom stereocenters. The third kappa shape index (κ3) is 4.93. The van der Waals surface area contributed by atoms with Gasteiger partial charge >= 0.3 is 0 Å². The van der Waals surface area contributed by atoms with Crippen LogP contribution in [-0.2, 0) is 11.2 Å². The van der Waals surface area contributed by atoms with Gasteiger partial charge in [0.2, 0.25) is 0 Å². The molecule has 0 amide bonds. The lowest BCUT2D eigenvalue weighted by atomic mass is 9.90. The van der Waals surface area contributed by atoms with Crippen LogP contribution in [0.2, 0.25) is 0 Å². The standard InChI is InChI=1S/C23H32N2O3S/c1-25(2)17-11-12-18(23-24-19-9-6-10-20(26)22(19)29-23)21(13-17)28-15-27-14-16-7-4-3-5-8-16/h11-13,16,20,26H,3-10,14-15H2,1-2H3. The van der Waals surface area contributed by atoms with Crippen molar-refractivity contribution in [2.45, 2.75) is 57.5 Å². The molecule has 0 bridgehead atoms. The van der Waals surface area contributed by atoms with Crippen LogP contribution in [0.5, 0.6) is 5.75 Å². The average molecular weight is 417 g/mol. The van der Waals surface area contributed by atoms with Crippen molar-refractivity contribution in [1.82, 2.24) is 4.98 Å². The van der Waals surface area contributed by atoms with Crippen LogP contribution in [0, 0.1) is 5.92 Å². The zero-order chi connectivity index (χ0) is 20.2. The van der Waals surface area contributed by atoms with E-state index in [1.165, 1.54) is 32.1 Å². The second-order valence-electron chi connectivity index (χ2n) is 8.45. The van der Waals surface area contributed by atoms with Crippen LogP contribution in [0.25, 0.3) is 10.6 Å². The fraction of sp³-hybridized carbons (Fsp3) is 0.609. The number of ether oxygens (including phenoxy) is 2. The summed E-state index contributed by atoms with van der Waals surface area (Å²) in [7, 11) is 4.05.